The van der Waals surface area contributed by atoms with Crippen LogP contribution in [0.1, 0.15) is 23.9 Å². The third kappa shape index (κ3) is 3.61. The van der Waals surface area contributed by atoms with Gasteiger partial charge in [-0.05, 0) is 54.0 Å². The van der Waals surface area contributed by atoms with E-state index in [1.807, 2.05) is 6.92 Å². The van der Waals surface area contributed by atoms with Crippen LogP contribution in [0.5, 0.6) is 0 Å². The van der Waals surface area contributed by atoms with Gasteiger partial charge in [0.25, 0.3) is 0 Å². The fraction of sp³-hybridized carbons (Fsp3) is 0.357. The van der Waals surface area contributed by atoms with Crippen molar-refractivity contribution >= 4 is 27.3 Å². The highest BCUT2D eigenvalue weighted by atomic mass is 79.9. The van der Waals surface area contributed by atoms with Crippen molar-refractivity contribution in [2.75, 3.05) is 6.54 Å². The molecule has 0 bridgehead atoms. The Bertz CT molecular complexity index is 569. The Morgan fingerprint density at radius 2 is 2.21 bits per heavy atom. The van der Waals surface area contributed by atoms with Gasteiger partial charge >= 0.3 is 0 Å². The van der Waals surface area contributed by atoms with E-state index in [-0.39, 0.29) is 5.82 Å². The summed E-state index contributed by atoms with van der Waals surface area (Å²) in [6, 6.07) is 4.70. The van der Waals surface area contributed by atoms with Crippen LogP contribution >= 0.6 is 27.3 Å². The standard InChI is InChI=1S/C14H16BrFN2S/c1-3-6-17-8-13-9(2)18-14(19-13)11-5-4-10(16)7-12(11)15/h4-5,7,17H,3,6,8H2,1-2H3. The molecular weight excluding hydrogens is 327 g/mol. The number of hydrogen-bond donors (Lipinski definition) is 1. The number of thiazole rings is 1. The SMILES string of the molecule is CCCNCc1sc(-c2ccc(F)cc2Br)nc1C. The van der Waals surface area contributed by atoms with E-state index >= 15 is 0 Å². The second-order valence-electron chi connectivity index (χ2n) is 4.33. The maximum absolute atomic E-state index is 13.1. The summed E-state index contributed by atoms with van der Waals surface area (Å²) in [5.74, 6) is -0.242. The molecule has 0 aliphatic rings. The van der Waals surface area contributed by atoms with Crippen molar-refractivity contribution < 1.29 is 4.39 Å². The normalized spacial score (nSPS) is 10.9. The van der Waals surface area contributed by atoms with Crippen molar-refractivity contribution in [2.24, 2.45) is 0 Å². The zero-order chi connectivity index (χ0) is 13.8. The average Bonchev–Trinajstić information content (AvgIpc) is 2.71. The van der Waals surface area contributed by atoms with Gasteiger partial charge in [-0.2, -0.15) is 0 Å². The molecule has 2 nitrogen and oxygen atoms in total. The van der Waals surface area contributed by atoms with Crippen LogP contribution in [0.4, 0.5) is 4.39 Å². The summed E-state index contributed by atoms with van der Waals surface area (Å²) in [4.78, 5) is 5.81. The van der Waals surface area contributed by atoms with Crippen LogP contribution in [0.25, 0.3) is 10.6 Å². The van der Waals surface area contributed by atoms with Gasteiger partial charge in [0.05, 0.1) is 5.69 Å². The van der Waals surface area contributed by atoms with E-state index in [4.69, 9.17) is 0 Å². The molecule has 1 aromatic carbocycles. The molecule has 0 amide bonds. The molecular formula is C14H16BrFN2S. The van der Waals surface area contributed by atoms with Crippen LogP contribution in [0, 0.1) is 12.7 Å². The number of rotatable bonds is 5. The second kappa shape index (κ2) is 6.59. The first-order chi connectivity index (χ1) is 9.11. The number of halogens is 2. The van der Waals surface area contributed by atoms with Gasteiger partial charge in [0.1, 0.15) is 10.8 Å². The molecule has 0 atom stereocenters. The largest absolute Gasteiger partial charge is 0.312 e. The molecule has 0 unspecified atom stereocenters. The molecule has 1 aromatic heterocycles. The van der Waals surface area contributed by atoms with Crippen molar-refractivity contribution in [1.29, 1.82) is 0 Å². The van der Waals surface area contributed by atoms with E-state index in [0.29, 0.717) is 0 Å². The Balaban J connectivity index is 2.23. The lowest BCUT2D eigenvalue weighted by Gasteiger charge is -2.00. The first kappa shape index (κ1) is 14.6. The Hall–Kier alpha value is -0.780. The van der Waals surface area contributed by atoms with Crippen LogP contribution in [0.2, 0.25) is 0 Å². The molecule has 1 N–H and O–H groups in total. The number of aromatic nitrogens is 1. The van der Waals surface area contributed by atoms with E-state index in [1.165, 1.54) is 17.0 Å². The van der Waals surface area contributed by atoms with Crippen LogP contribution in [-0.4, -0.2) is 11.5 Å². The van der Waals surface area contributed by atoms with Gasteiger partial charge in [0, 0.05) is 21.5 Å². The zero-order valence-electron chi connectivity index (χ0n) is 11.0. The summed E-state index contributed by atoms with van der Waals surface area (Å²) < 4.78 is 13.8. The fourth-order valence-corrected chi connectivity index (χ4v) is 3.49. The number of nitrogens with zero attached hydrogens (tertiary/aromatic N) is 1. The minimum absolute atomic E-state index is 0.242. The molecule has 102 valence electrons. The first-order valence-corrected chi connectivity index (χ1v) is 7.85. The first-order valence-electron chi connectivity index (χ1n) is 6.24. The topological polar surface area (TPSA) is 24.9 Å². The minimum Gasteiger partial charge on any atom is -0.312 e. The summed E-state index contributed by atoms with van der Waals surface area (Å²) in [5.41, 5.74) is 1.98. The lowest BCUT2D eigenvalue weighted by molar-refractivity contribution is 0.627. The fourth-order valence-electron chi connectivity index (χ4n) is 1.75. The van der Waals surface area contributed by atoms with Crippen LogP contribution in [0.3, 0.4) is 0 Å². The molecule has 0 fully saturated rings. The highest BCUT2D eigenvalue weighted by Crippen LogP contribution is 2.33. The summed E-state index contributed by atoms with van der Waals surface area (Å²) in [7, 11) is 0. The molecule has 0 saturated carbocycles. The van der Waals surface area contributed by atoms with Crippen molar-refractivity contribution in [3.05, 3.63) is 39.1 Å². The summed E-state index contributed by atoms with van der Waals surface area (Å²) in [6.45, 7) is 6.01. The molecule has 2 rings (SSSR count). The summed E-state index contributed by atoms with van der Waals surface area (Å²) in [6.07, 6.45) is 1.12. The predicted octanol–water partition coefficient (Wildman–Crippen LogP) is 4.52. The lowest BCUT2D eigenvalue weighted by Crippen LogP contribution is -2.13. The van der Waals surface area contributed by atoms with E-state index in [9.17, 15) is 4.39 Å². The lowest BCUT2D eigenvalue weighted by atomic mass is 10.2. The third-order valence-corrected chi connectivity index (χ3v) is 4.61. The summed E-state index contributed by atoms with van der Waals surface area (Å²) in [5, 5.41) is 4.31. The van der Waals surface area contributed by atoms with Crippen LogP contribution in [0.15, 0.2) is 22.7 Å². The zero-order valence-corrected chi connectivity index (χ0v) is 13.4. The van der Waals surface area contributed by atoms with Gasteiger partial charge in [0.15, 0.2) is 0 Å². The van der Waals surface area contributed by atoms with E-state index < -0.39 is 0 Å². The van der Waals surface area contributed by atoms with Crippen molar-refractivity contribution in [2.45, 2.75) is 26.8 Å². The molecule has 0 saturated heterocycles. The predicted molar refractivity (Wildman–Crippen MR) is 81.9 cm³/mol. The van der Waals surface area contributed by atoms with Crippen LogP contribution in [-0.2, 0) is 6.54 Å². The molecule has 5 heteroatoms. The molecule has 0 aliphatic carbocycles. The van der Waals surface area contributed by atoms with E-state index in [1.54, 1.807) is 17.4 Å². The van der Waals surface area contributed by atoms with E-state index in [2.05, 4.69) is 33.2 Å². The maximum Gasteiger partial charge on any atom is 0.125 e. The Morgan fingerprint density at radius 1 is 1.42 bits per heavy atom. The Morgan fingerprint density at radius 3 is 2.89 bits per heavy atom. The molecule has 2 aromatic rings. The quantitative estimate of drug-likeness (QED) is 0.808. The number of benzene rings is 1. The number of hydrogen-bond acceptors (Lipinski definition) is 3. The highest BCUT2D eigenvalue weighted by molar-refractivity contribution is 9.10. The third-order valence-electron chi connectivity index (χ3n) is 2.77. The number of aryl methyl sites for hydroxylation is 1. The van der Waals surface area contributed by atoms with Gasteiger partial charge in [-0.3, -0.25) is 0 Å². The number of nitrogens with one attached hydrogen (secondary N) is 1. The molecule has 19 heavy (non-hydrogen) atoms. The molecule has 0 aliphatic heterocycles. The van der Waals surface area contributed by atoms with Gasteiger partial charge in [-0.1, -0.05) is 6.92 Å². The Labute approximate surface area is 125 Å². The van der Waals surface area contributed by atoms with Crippen molar-refractivity contribution in [3.63, 3.8) is 0 Å². The van der Waals surface area contributed by atoms with Crippen LogP contribution < -0.4 is 5.32 Å². The van der Waals surface area contributed by atoms with Crippen molar-refractivity contribution in [1.82, 2.24) is 10.3 Å². The minimum atomic E-state index is -0.242. The maximum atomic E-state index is 13.1. The molecule has 0 spiro atoms. The van der Waals surface area contributed by atoms with Gasteiger partial charge < -0.3 is 5.32 Å². The van der Waals surface area contributed by atoms with E-state index in [0.717, 1.165) is 40.2 Å². The monoisotopic (exact) mass is 342 g/mol. The average molecular weight is 343 g/mol. The smallest absolute Gasteiger partial charge is 0.125 e. The Kier molecular flexibility index (Phi) is 5.07. The summed E-state index contributed by atoms with van der Waals surface area (Å²) >= 11 is 5.05. The molecule has 1 heterocycles. The van der Waals surface area contributed by atoms with Gasteiger partial charge in [-0.25, -0.2) is 9.37 Å². The van der Waals surface area contributed by atoms with Gasteiger partial charge in [-0.15, -0.1) is 11.3 Å². The van der Waals surface area contributed by atoms with Crippen molar-refractivity contribution in [3.8, 4) is 10.6 Å². The second-order valence-corrected chi connectivity index (χ2v) is 6.27. The highest BCUT2D eigenvalue weighted by Gasteiger charge is 2.12. The van der Waals surface area contributed by atoms with Gasteiger partial charge in [0.2, 0.25) is 0 Å². The molecule has 0 radical (unpaired) electrons.